The Labute approximate surface area is 99.7 Å². The van der Waals surface area contributed by atoms with Gasteiger partial charge in [-0.1, -0.05) is 5.16 Å². The first-order valence-electron chi connectivity index (χ1n) is 4.71. The van der Waals surface area contributed by atoms with E-state index in [0.717, 1.165) is 0 Å². The Morgan fingerprint density at radius 2 is 2.06 bits per heavy atom. The van der Waals surface area contributed by atoms with E-state index in [1.807, 2.05) is 5.43 Å². The first-order valence-corrected chi connectivity index (χ1v) is 4.71. The van der Waals surface area contributed by atoms with Crippen LogP contribution < -0.4 is 11.3 Å². The van der Waals surface area contributed by atoms with Gasteiger partial charge in [0.25, 0.3) is 5.69 Å². The van der Waals surface area contributed by atoms with Crippen molar-refractivity contribution in [2.75, 3.05) is 0 Å². The molecule has 1 aromatic heterocycles. The van der Waals surface area contributed by atoms with Crippen LogP contribution in [0.4, 0.5) is 5.69 Å². The SMILES string of the molecule is NNC(=O)c1nc(-c2ccc([N+](=O)[O-])cc2)no1. The third kappa shape index (κ3) is 2.15. The van der Waals surface area contributed by atoms with Crippen molar-refractivity contribution in [3.8, 4) is 11.4 Å². The van der Waals surface area contributed by atoms with Gasteiger partial charge in [0.1, 0.15) is 0 Å². The van der Waals surface area contributed by atoms with Gasteiger partial charge < -0.3 is 4.52 Å². The van der Waals surface area contributed by atoms with Gasteiger partial charge in [-0.05, 0) is 12.1 Å². The number of nitro groups is 1. The van der Waals surface area contributed by atoms with Crippen molar-refractivity contribution < 1.29 is 14.2 Å². The van der Waals surface area contributed by atoms with Crippen LogP contribution in [0.3, 0.4) is 0 Å². The summed E-state index contributed by atoms with van der Waals surface area (Å²) in [5, 5.41) is 14.0. The van der Waals surface area contributed by atoms with Crippen molar-refractivity contribution in [3.05, 3.63) is 40.3 Å². The van der Waals surface area contributed by atoms with E-state index in [4.69, 9.17) is 5.84 Å². The number of hydrogen-bond donors (Lipinski definition) is 2. The Balaban J connectivity index is 2.29. The predicted molar refractivity (Wildman–Crippen MR) is 58.0 cm³/mol. The quantitative estimate of drug-likeness (QED) is 0.344. The zero-order chi connectivity index (χ0) is 13.1. The molecule has 1 heterocycles. The summed E-state index contributed by atoms with van der Waals surface area (Å²) in [7, 11) is 0. The van der Waals surface area contributed by atoms with Gasteiger partial charge in [-0.2, -0.15) is 4.98 Å². The normalized spacial score (nSPS) is 10.1. The van der Waals surface area contributed by atoms with Crippen LogP contribution in [0, 0.1) is 10.1 Å². The Bertz CT molecular complexity index is 591. The number of aromatic nitrogens is 2. The molecule has 0 saturated heterocycles. The Kier molecular flexibility index (Phi) is 2.98. The number of non-ortho nitro benzene ring substituents is 1. The van der Waals surface area contributed by atoms with E-state index < -0.39 is 10.8 Å². The fourth-order valence-corrected chi connectivity index (χ4v) is 1.23. The second kappa shape index (κ2) is 4.59. The van der Waals surface area contributed by atoms with Gasteiger partial charge >= 0.3 is 11.8 Å². The molecule has 9 heteroatoms. The lowest BCUT2D eigenvalue weighted by atomic mass is 10.2. The second-order valence-corrected chi connectivity index (χ2v) is 3.20. The molecule has 1 amide bonds. The molecule has 0 aliphatic carbocycles. The molecule has 0 atom stereocenters. The minimum absolute atomic E-state index is 0.0535. The smallest absolute Gasteiger partial charge is 0.323 e. The number of hydrogen-bond acceptors (Lipinski definition) is 7. The van der Waals surface area contributed by atoms with Crippen LogP contribution in [0.25, 0.3) is 11.4 Å². The van der Waals surface area contributed by atoms with Crippen LogP contribution in [0.15, 0.2) is 28.8 Å². The second-order valence-electron chi connectivity index (χ2n) is 3.20. The molecule has 0 bridgehead atoms. The zero-order valence-electron chi connectivity index (χ0n) is 8.86. The maximum Gasteiger partial charge on any atom is 0.323 e. The Hall–Kier alpha value is -2.81. The molecule has 2 aromatic rings. The molecule has 0 unspecified atom stereocenters. The lowest BCUT2D eigenvalue weighted by molar-refractivity contribution is -0.384. The van der Waals surface area contributed by atoms with Crippen LogP contribution in [0.2, 0.25) is 0 Å². The number of benzene rings is 1. The van der Waals surface area contributed by atoms with E-state index in [-0.39, 0.29) is 17.4 Å². The van der Waals surface area contributed by atoms with E-state index in [1.165, 1.54) is 24.3 Å². The van der Waals surface area contributed by atoms with Crippen LogP contribution >= 0.6 is 0 Å². The summed E-state index contributed by atoms with van der Waals surface area (Å²) >= 11 is 0. The van der Waals surface area contributed by atoms with Crippen molar-refractivity contribution in [1.29, 1.82) is 0 Å². The third-order valence-electron chi connectivity index (χ3n) is 2.09. The van der Waals surface area contributed by atoms with Crippen molar-refractivity contribution in [1.82, 2.24) is 15.6 Å². The van der Waals surface area contributed by atoms with Crippen molar-refractivity contribution in [2.45, 2.75) is 0 Å². The van der Waals surface area contributed by atoms with E-state index in [0.29, 0.717) is 5.56 Å². The predicted octanol–water partition coefficient (Wildman–Crippen LogP) is 0.248. The molecule has 0 spiro atoms. The van der Waals surface area contributed by atoms with E-state index in [2.05, 4.69) is 14.7 Å². The Morgan fingerprint density at radius 3 is 2.61 bits per heavy atom. The number of rotatable bonds is 3. The third-order valence-corrected chi connectivity index (χ3v) is 2.09. The summed E-state index contributed by atoms with van der Waals surface area (Å²) in [5.41, 5.74) is 2.28. The molecule has 3 N–H and O–H groups in total. The largest absolute Gasteiger partial charge is 0.328 e. The van der Waals surface area contributed by atoms with Gasteiger partial charge in [-0.15, -0.1) is 0 Å². The summed E-state index contributed by atoms with van der Waals surface area (Å²) < 4.78 is 4.66. The summed E-state index contributed by atoms with van der Waals surface area (Å²) in [5.74, 6) is 4.05. The highest BCUT2D eigenvalue weighted by molar-refractivity contribution is 5.89. The van der Waals surface area contributed by atoms with Gasteiger partial charge in [-0.3, -0.25) is 20.3 Å². The van der Waals surface area contributed by atoms with Gasteiger partial charge in [0.2, 0.25) is 5.82 Å². The summed E-state index contributed by atoms with van der Waals surface area (Å²) in [6.07, 6.45) is 0. The lowest BCUT2D eigenvalue weighted by Crippen LogP contribution is -2.30. The topological polar surface area (TPSA) is 137 Å². The molecule has 1 aromatic carbocycles. The van der Waals surface area contributed by atoms with Crippen LogP contribution in [0.1, 0.15) is 10.7 Å². The molecule has 0 aliphatic rings. The number of hydrazine groups is 1. The molecule has 2 rings (SSSR count). The number of nitro benzene ring substituents is 1. The molecule has 9 nitrogen and oxygen atoms in total. The minimum Gasteiger partial charge on any atom is -0.328 e. The van der Waals surface area contributed by atoms with E-state index in [9.17, 15) is 14.9 Å². The van der Waals surface area contributed by atoms with Crippen LogP contribution in [0.5, 0.6) is 0 Å². The summed E-state index contributed by atoms with van der Waals surface area (Å²) in [6, 6.07) is 5.50. The van der Waals surface area contributed by atoms with Crippen LogP contribution in [-0.4, -0.2) is 21.0 Å². The number of nitrogens with two attached hydrogens (primary N) is 1. The minimum atomic E-state index is -0.712. The number of carbonyl (C=O) groups excluding carboxylic acids is 1. The van der Waals surface area contributed by atoms with Crippen LogP contribution in [-0.2, 0) is 0 Å². The number of carbonyl (C=O) groups is 1. The molecular weight excluding hydrogens is 242 g/mol. The average molecular weight is 249 g/mol. The first-order chi connectivity index (χ1) is 8.61. The first kappa shape index (κ1) is 11.7. The van der Waals surface area contributed by atoms with Gasteiger partial charge in [-0.25, -0.2) is 5.84 Å². The van der Waals surface area contributed by atoms with Gasteiger partial charge in [0, 0.05) is 17.7 Å². The molecule has 18 heavy (non-hydrogen) atoms. The lowest BCUT2D eigenvalue weighted by Gasteiger charge is -1.93. The van der Waals surface area contributed by atoms with Crippen molar-refractivity contribution in [2.24, 2.45) is 5.84 Å². The molecule has 92 valence electrons. The highest BCUT2D eigenvalue weighted by Crippen LogP contribution is 2.19. The monoisotopic (exact) mass is 249 g/mol. The maximum atomic E-state index is 11.1. The molecular formula is C9H7N5O4. The standard InChI is InChI=1S/C9H7N5O4/c10-12-8(15)9-11-7(13-18-9)5-1-3-6(4-2-5)14(16)17/h1-4H,10H2,(H,12,15). The highest BCUT2D eigenvalue weighted by atomic mass is 16.6. The molecule has 0 radical (unpaired) electrons. The van der Waals surface area contributed by atoms with E-state index in [1.54, 1.807) is 0 Å². The number of nitrogens with zero attached hydrogens (tertiary/aromatic N) is 3. The molecule has 0 aliphatic heterocycles. The molecule has 0 fully saturated rings. The zero-order valence-corrected chi connectivity index (χ0v) is 8.86. The molecule has 0 saturated carbocycles. The Morgan fingerprint density at radius 1 is 1.39 bits per heavy atom. The maximum absolute atomic E-state index is 11.1. The van der Waals surface area contributed by atoms with Gasteiger partial charge in [0.05, 0.1) is 4.92 Å². The summed E-state index contributed by atoms with van der Waals surface area (Å²) in [4.78, 5) is 24.8. The fourth-order valence-electron chi connectivity index (χ4n) is 1.23. The summed E-state index contributed by atoms with van der Waals surface area (Å²) in [6.45, 7) is 0. The highest BCUT2D eigenvalue weighted by Gasteiger charge is 2.15. The number of amides is 1. The van der Waals surface area contributed by atoms with Crippen molar-refractivity contribution in [3.63, 3.8) is 0 Å². The van der Waals surface area contributed by atoms with E-state index >= 15 is 0 Å². The van der Waals surface area contributed by atoms with Crippen molar-refractivity contribution >= 4 is 11.6 Å². The average Bonchev–Trinajstić information content (AvgIpc) is 2.87. The van der Waals surface area contributed by atoms with Gasteiger partial charge in [0.15, 0.2) is 0 Å². The fraction of sp³-hybridized carbons (Fsp3) is 0. The number of nitrogens with one attached hydrogen (secondary N) is 1. The number of nitrogen functional groups attached to an aromatic ring is 1.